The lowest BCUT2D eigenvalue weighted by Gasteiger charge is -2.07. The van der Waals surface area contributed by atoms with Crippen molar-refractivity contribution >= 4 is 5.97 Å². The molecule has 0 bridgehead atoms. The van der Waals surface area contributed by atoms with E-state index in [2.05, 4.69) is 9.97 Å². The molecule has 0 aliphatic rings. The molecule has 26 heavy (non-hydrogen) atoms. The van der Waals surface area contributed by atoms with Gasteiger partial charge >= 0.3 is 5.97 Å². The van der Waals surface area contributed by atoms with Gasteiger partial charge in [0.05, 0.1) is 6.61 Å². The predicted octanol–water partition coefficient (Wildman–Crippen LogP) is 3.19. The molecule has 0 saturated heterocycles. The van der Waals surface area contributed by atoms with Crippen LogP contribution in [-0.4, -0.2) is 22.5 Å². The Bertz CT molecular complexity index is 934. The van der Waals surface area contributed by atoms with Crippen molar-refractivity contribution in [1.82, 2.24) is 9.97 Å². The van der Waals surface area contributed by atoms with Gasteiger partial charge in [-0.25, -0.2) is 9.78 Å². The normalized spacial score (nSPS) is 10.3. The predicted molar refractivity (Wildman–Crippen MR) is 97.0 cm³/mol. The first-order chi connectivity index (χ1) is 12.7. The second kappa shape index (κ2) is 8.11. The quantitative estimate of drug-likeness (QED) is 0.691. The van der Waals surface area contributed by atoms with Gasteiger partial charge in [-0.3, -0.25) is 4.79 Å². The number of aromatic nitrogens is 2. The summed E-state index contributed by atoms with van der Waals surface area (Å²) in [5, 5.41) is 0. The Kier molecular flexibility index (Phi) is 5.43. The third-order valence-corrected chi connectivity index (χ3v) is 3.67. The van der Waals surface area contributed by atoms with E-state index in [0.29, 0.717) is 23.7 Å². The van der Waals surface area contributed by atoms with Crippen LogP contribution in [0.15, 0.2) is 65.6 Å². The first-order valence-corrected chi connectivity index (χ1v) is 8.21. The molecule has 6 heteroatoms. The van der Waals surface area contributed by atoms with Gasteiger partial charge in [-0.05, 0) is 36.8 Å². The van der Waals surface area contributed by atoms with Gasteiger partial charge in [0.25, 0.3) is 5.56 Å². The van der Waals surface area contributed by atoms with Gasteiger partial charge in [0.15, 0.2) is 0 Å². The first kappa shape index (κ1) is 17.4. The van der Waals surface area contributed by atoms with E-state index in [1.807, 2.05) is 30.3 Å². The van der Waals surface area contributed by atoms with Crippen molar-refractivity contribution < 1.29 is 14.3 Å². The van der Waals surface area contributed by atoms with E-state index >= 15 is 0 Å². The molecule has 1 aromatic heterocycles. The monoisotopic (exact) mass is 350 g/mol. The number of esters is 1. The van der Waals surface area contributed by atoms with Gasteiger partial charge in [-0.2, -0.15) is 0 Å². The largest absolute Gasteiger partial charge is 0.489 e. The summed E-state index contributed by atoms with van der Waals surface area (Å²) in [7, 11) is 0. The molecule has 0 spiro atoms. The summed E-state index contributed by atoms with van der Waals surface area (Å²) < 4.78 is 10.5. The van der Waals surface area contributed by atoms with Crippen LogP contribution in [0.2, 0.25) is 0 Å². The highest BCUT2D eigenvalue weighted by molar-refractivity contribution is 5.88. The molecule has 3 aromatic rings. The van der Waals surface area contributed by atoms with Gasteiger partial charge in [0.2, 0.25) is 0 Å². The van der Waals surface area contributed by atoms with Crippen LogP contribution in [-0.2, 0) is 11.3 Å². The number of aromatic amines is 1. The number of benzene rings is 2. The van der Waals surface area contributed by atoms with Crippen LogP contribution in [0.5, 0.6) is 5.75 Å². The molecule has 3 rings (SSSR count). The average molecular weight is 350 g/mol. The summed E-state index contributed by atoms with van der Waals surface area (Å²) in [5.74, 6) is 0.401. The number of carbonyl (C=O) groups excluding carboxylic acids is 1. The first-order valence-electron chi connectivity index (χ1n) is 8.21. The van der Waals surface area contributed by atoms with Crippen molar-refractivity contribution in [2.75, 3.05) is 6.61 Å². The van der Waals surface area contributed by atoms with E-state index in [9.17, 15) is 9.59 Å². The highest BCUT2D eigenvalue weighted by Crippen LogP contribution is 2.19. The molecule has 1 N–H and O–H groups in total. The maximum absolute atomic E-state index is 12.0. The Morgan fingerprint density at radius 2 is 1.81 bits per heavy atom. The van der Waals surface area contributed by atoms with Crippen LogP contribution >= 0.6 is 0 Å². The number of ether oxygens (including phenoxy) is 2. The van der Waals surface area contributed by atoms with Crippen molar-refractivity contribution in [3.05, 3.63) is 82.3 Å². The summed E-state index contributed by atoms with van der Waals surface area (Å²) in [4.78, 5) is 30.4. The number of rotatable bonds is 6. The number of hydrogen-bond acceptors (Lipinski definition) is 5. The van der Waals surface area contributed by atoms with Crippen LogP contribution < -0.4 is 10.3 Å². The molecule has 2 aromatic carbocycles. The number of carbonyl (C=O) groups is 1. The lowest BCUT2D eigenvalue weighted by atomic mass is 10.2. The van der Waals surface area contributed by atoms with E-state index in [0.717, 1.165) is 5.56 Å². The molecule has 0 fully saturated rings. The van der Waals surface area contributed by atoms with Gasteiger partial charge in [0.1, 0.15) is 23.7 Å². The van der Waals surface area contributed by atoms with E-state index in [1.165, 1.54) is 6.20 Å². The van der Waals surface area contributed by atoms with E-state index in [-0.39, 0.29) is 12.2 Å². The lowest BCUT2D eigenvalue weighted by Crippen LogP contribution is -2.20. The minimum Gasteiger partial charge on any atom is -0.489 e. The Balaban J connectivity index is 1.71. The third kappa shape index (κ3) is 4.16. The zero-order chi connectivity index (χ0) is 18.4. The maximum Gasteiger partial charge on any atom is 0.345 e. The number of nitrogens with one attached hydrogen (secondary N) is 1. The van der Waals surface area contributed by atoms with Crippen LogP contribution in [0.3, 0.4) is 0 Å². The molecule has 0 saturated carbocycles. The van der Waals surface area contributed by atoms with Gasteiger partial charge in [-0.15, -0.1) is 0 Å². The second-order valence-electron chi connectivity index (χ2n) is 5.49. The lowest BCUT2D eigenvalue weighted by molar-refractivity contribution is 0.0523. The van der Waals surface area contributed by atoms with Crippen molar-refractivity contribution in [2.45, 2.75) is 13.5 Å². The van der Waals surface area contributed by atoms with Gasteiger partial charge < -0.3 is 14.5 Å². The minimum atomic E-state index is -0.683. The highest BCUT2D eigenvalue weighted by atomic mass is 16.5. The van der Waals surface area contributed by atoms with E-state index < -0.39 is 11.5 Å². The molecule has 0 aliphatic carbocycles. The van der Waals surface area contributed by atoms with Crippen LogP contribution in [0.4, 0.5) is 0 Å². The molecular formula is C20H18N2O4. The molecule has 0 aliphatic heterocycles. The summed E-state index contributed by atoms with van der Waals surface area (Å²) in [6, 6.07) is 17.1. The van der Waals surface area contributed by atoms with E-state index in [1.54, 1.807) is 31.2 Å². The fourth-order valence-electron chi connectivity index (χ4n) is 2.35. The topological polar surface area (TPSA) is 81.3 Å². The molecule has 0 unspecified atom stereocenters. The highest BCUT2D eigenvalue weighted by Gasteiger charge is 2.13. The van der Waals surface area contributed by atoms with Crippen molar-refractivity contribution in [3.8, 4) is 17.1 Å². The number of hydrogen-bond donors (Lipinski definition) is 1. The molecule has 1 heterocycles. The molecule has 0 radical (unpaired) electrons. The fraction of sp³-hybridized carbons (Fsp3) is 0.150. The average Bonchev–Trinajstić information content (AvgIpc) is 2.67. The Morgan fingerprint density at radius 1 is 1.08 bits per heavy atom. The van der Waals surface area contributed by atoms with Gasteiger partial charge in [-0.1, -0.05) is 30.3 Å². The minimum absolute atomic E-state index is 0.113. The van der Waals surface area contributed by atoms with Crippen molar-refractivity contribution in [2.24, 2.45) is 0 Å². The van der Waals surface area contributed by atoms with Crippen LogP contribution in [0.1, 0.15) is 22.8 Å². The SMILES string of the molecule is CCOC(=O)c1cnc(-c2ccc(OCc3ccccc3)cc2)[nH]c1=O. The second-order valence-corrected chi connectivity index (χ2v) is 5.49. The number of nitrogens with zero attached hydrogens (tertiary/aromatic N) is 1. The van der Waals surface area contributed by atoms with Crippen LogP contribution in [0.25, 0.3) is 11.4 Å². The standard InChI is InChI=1S/C20H18N2O4/c1-2-25-20(24)17-12-21-18(22-19(17)23)15-8-10-16(11-9-15)26-13-14-6-4-3-5-7-14/h3-12H,2,13H2,1H3,(H,21,22,23). The maximum atomic E-state index is 12.0. The van der Waals surface area contributed by atoms with Crippen LogP contribution in [0, 0.1) is 0 Å². The smallest absolute Gasteiger partial charge is 0.345 e. The van der Waals surface area contributed by atoms with Gasteiger partial charge in [0, 0.05) is 11.8 Å². The summed E-state index contributed by atoms with van der Waals surface area (Å²) in [6.07, 6.45) is 1.23. The molecule has 6 nitrogen and oxygen atoms in total. The van der Waals surface area contributed by atoms with E-state index in [4.69, 9.17) is 9.47 Å². The molecule has 132 valence electrons. The molecule has 0 atom stereocenters. The molecule has 0 amide bonds. The molecular weight excluding hydrogens is 332 g/mol. The summed E-state index contributed by atoms with van der Waals surface area (Å²) >= 11 is 0. The number of H-pyrrole nitrogens is 1. The Labute approximate surface area is 150 Å². The summed E-state index contributed by atoms with van der Waals surface area (Å²) in [5.41, 5.74) is 1.15. The summed E-state index contributed by atoms with van der Waals surface area (Å²) in [6.45, 7) is 2.35. The van der Waals surface area contributed by atoms with Crippen molar-refractivity contribution in [3.63, 3.8) is 0 Å². The zero-order valence-electron chi connectivity index (χ0n) is 14.3. The zero-order valence-corrected chi connectivity index (χ0v) is 14.3. The fourth-order valence-corrected chi connectivity index (χ4v) is 2.35. The van der Waals surface area contributed by atoms with Crippen molar-refractivity contribution in [1.29, 1.82) is 0 Å². The Hall–Kier alpha value is -3.41. The Morgan fingerprint density at radius 3 is 2.46 bits per heavy atom. The third-order valence-electron chi connectivity index (χ3n) is 3.67.